The first-order valence-electron chi connectivity index (χ1n) is 7.58. The highest BCUT2D eigenvalue weighted by atomic mass is 35.5. The van der Waals surface area contributed by atoms with Gasteiger partial charge in [0, 0.05) is 10.6 Å². The van der Waals surface area contributed by atoms with E-state index < -0.39 is 5.91 Å². The van der Waals surface area contributed by atoms with Crippen LogP contribution in [0.15, 0.2) is 53.6 Å². The van der Waals surface area contributed by atoms with Crippen LogP contribution in [0.5, 0.6) is 11.5 Å². The number of H-pyrrole nitrogens is 1. The molecule has 0 fully saturated rings. The van der Waals surface area contributed by atoms with E-state index >= 15 is 0 Å². The summed E-state index contributed by atoms with van der Waals surface area (Å²) in [6, 6.07) is 13.5. The summed E-state index contributed by atoms with van der Waals surface area (Å²) in [4.78, 5) is 12.1. The zero-order valence-electron chi connectivity index (χ0n) is 13.7. The minimum atomic E-state index is -0.431. The molecule has 0 bridgehead atoms. The second kappa shape index (κ2) is 7.71. The highest BCUT2D eigenvalue weighted by molar-refractivity contribution is 6.30. The summed E-state index contributed by atoms with van der Waals surface area (Å²) in [7, 11) is 1.45. The van der Waals surface area contributed by atoms with Crippen molar-refractivity contribution >= 4 is 23.7 Å². The smallest absolute Gasteiger partial charge is 0.289 e. The molecule has 1 aromatic heterocycles. The number of carbonyl (C=O) groups is 1. The van der Waals surface area contributed by atoms with E-state index in [-0.39, 0.29) is 11.4 Å². The fourth-order valence-corrected chi connectivity index (χ4v) is 2.33. The van der Waals surface area contributed by atoms with Crippen molar-refractivity contribution < 1.29 is 14.6 Å². The number of ether oxygens (including phenoxy) is 1. The van der Waals surface area contributed by atoms with Crippen LogP contribution < -0.4 is 10.2 Å². The van der Waals surface area contributed by atoms with E-state index in [4.69, 9.17) is 16.3 Å². The number of phenols is 1. The Morgan fingerprint density at radius 1 is 1.27 bits per heavy atom. The third kappa shape index (κ3) is 4.01. The maximum Gasteiger partial charge on any atom is 0.289 e. The molecule has 26 heavy (non-hydrogen) atoms. The number of rotatable bonds is 5. The molecule has 0 aliphatic heterocycles. The van der Waals surface area contributed by atoms with Crippen LogP contribution in [0.3, 0.4) is 0 Å². The first-order chi connectivity index (χ1) is 12.6. The summed E-state index contributed by atoms with van der Waals surface area (Å²) in [6.07, 6.45) is 1.44. The Hall–Kier alpha value is -3.32. The van der Waals surface area contributed by atoms with Crippen LogP contribution in [0.2, 0.25) is 5.02 Å². The zero-order valence-corrected chi connectivity index (χ0v) is 14.5. The number of aromatic amines is 1. The Morgan fingerprint density at radius 3 is 2.77 bits per heavy atom. The Balaban J connectivity index is 1.66. The highest BCUT2D eigenvalue weighted by Gasteiger charge is 2.10. The van der Waals surface area contributed by atoms with E-state index in [9.17, 15) is 9.90 Å². The van der Waals surface area contributed by atoms with Gasteiger partial charge in [0.1, 0.15) is 5.69 Å². The number of amides is 1. The van der Waals surface area contributed by atoms with E-state index in [0.717, 1.165) is 5.56 Å². The first-order valence-corrected chi connectivity index (χ1v) is 7.96. The van der Waals surface area contributed by atoms with E-state index in [1.807, 2.05) is 12.1 Å². The van der Waals surface area contributed by atoms with Gasteiger partial charge in [0.15, 0.2) is 11.5 Å². The number of methoxy groups -OCH3 is 1. The third-order valence-electron chi connectivity index (χ3n) is 3.55. The molecule has 3 rings (SSSR count). The number of aromatic nitrogens is 2. The monoisotopic (exact) mass is 370 g/mol. The fraction of sp³-hybridized carbons (Fsp3) is 0.0556. The van der Waals surface area contributed by atoms with Crippen LogP contribution in [0.25, 0.3) is 11.3 Å². The molecule has 0 saturated heterocycles. The predicted octanol–water partition coefficient (Wildman–Crippen LogP) is 3.21. The molecule has 0 aliphatic carbocycles. The quantitative estimate of drug-likeness (QED) is 0.474. The molecule has 7 nitrogen and oxygen atoms in total. The second-order valence-electron chi connectivity index (χ2n) is 5.30. The molecule has 0 aliphatic rings. The molecular formula is C18H15ClN4O3. The molecule has 2 aromatic carbocycles. The van der Waals surface area contributed by atoms with Gasteiger partial charge in [-0.3, -0.25) is 9.89 Å². The van der Waals surface area contributed by atoms with Gasteiger partial charge >= 0.3 is 0 Å². The van der Waals surface area contributed by atoms with Crippen LogP contribution >= 0.6 is 11.6 Å². The summed E-state index contributed by atoms with van der Waals surface area (Å²) in [6.45, 7) is 0. The van der Waals surface area contributed by atoms with Gasteiger partial charge < -0.3 is 9.84 Å². The third-order valence-corrected chi connectivity index (χ3v) is 3.80. The molecule has 3 aromatic rings. The first kappa shape index (κ1) is 17.5. The maximum atomic E-state index is 12.1. The van der Waals surface area contributed by atoms with Gasteiger partial charge in [-0.1, -0.05) is 23.7 Å². The van der Waals surface area contributed by atoms with E-state index in [2.05, 4.69) is 20.7 Å². The van der Waals surface area contributed by atoms with Gasteiger partial charge in [-0.15, -0.1) is 0 Å². The Morgan fingerprint density at radius 2 is 2.04 bits per heavy atom. The predicted molar refractivity (Wildman–Crippen MR) is 98.8 cm³/mol. The van der Waals surface area contributed by atoms with Crippen molar-refractivity contribution in [2.24, 2.45) is 5.10 Å². The molecule has 8 heteroatoms. The number of aromatic hydroxyl groups is 1. The number of nitrogens with one attached hydrogen (secondary N) is 2. The molecular weight excluding hydrogens is 356 g/mol. The number of hydrogen-bond donors (Lipinski definition) is 3. The number of carbonyl (C=O) groups excluding carboxylic acids is 1. The van der Waals surface area contributed by atoms with Crippen molar-refractivity contribution in [2.75, 3.05) is 7.11 Å². The lowest BCUT2D eigenvalue weighted by atomic mass is 10.1. The lowest BCUT2D eigenvalue weighted by Crippen LogP contribution is -2.18. The van der Waals surface area contributed by atoms with Crippen LogP contribution in [0.1, 0.15) is 16.1 Å². The van der Waals surface area contributed by atoms with E-state index in [1.54, 1.807) is 30.3 Å². The molecule has 0 atom stereocenters. The number of phenolic OH excluding ortho intramolecular Hbond substituents is 1. The highest BCUT2D eigenvalue weighted by Crippen LogP contribution is 2.25. The molecule has 3 N–H and O–H groups in total. The molecule has 0 spiro atoms. The van der Waals surface area contributed by atoms with Gasteiger partial charge in [-0.2, -0.15) is 10.2 Å². The van der Waals surface area contributed by atoms with Crippen LogP contribution in [-0.4, -0.2) is 34.5 Å². The summed E-state index contributed by atoms with van der Waals surface area (Å²) in [5.41, 5.74) is 4.80. The van der Waals surface area contributed by atoms with Gasteiger partial charge in [0.25, 0.3) is 5.91 Å². The minimum absolute atomic E-state index is 0.0286. The van der Waals surface area contributed by atoms with Gasteiger partial charge in [-0.05, 0) is 42.0 Å². The van der Waals surface area contributed by atoms with E-state index in [1.165, 1.54) is 19.4 Å². The number of hydrogen-bond acceptors (Lipinski definition) is 5. The topological polar surface area (TPSA) is 99.6 Å². The average molecular weight is 371 g/mol. The largest absolute Gasteiger partial charge is 0.504 e. The second-order valence-corrected chi connectivity index (χ2v) is 5.74. The molecule has 0 saturated carbocycles. The summed E-state index contributed by atoms with van der Waals surface area (Å²) < 4.78 is 5.01. The SMILES string of the molecule is COc1cc(/C=N\NC(=O)c2cc(-c3ccc(Cl)cc3)n[nH]2)ccc1O. The van der Waals surface area contributed by atoms with Crippen LogP contribution in [-0.2, 0) is 0 Å². The normalized spacial score (nSPS) is 10.8. The van der Waals surface area contributed by atoms with Crippen molar-refractivity contribution in [1.29, 1.82) is 0 Å². The molecule has 1 amide bonds. The Labute approximate surface area is 154 Å². The lowest BCUT2D eigenvalue weighted by Gasteiger charge is -2.03. The average Bonchev–Trinajstić information content (AvgIpc) is 3.14. The fourth-order valence-electron chi connectivity index (χ4n) is 2.21. The Kier molecular flexibility index (Phi) is 5.19. The molecule has 0 unspecified atom stereocenters. The van der Waals surface area contributed by atoms with Gasteiger partial charge in [-0.25, -0.2) is 5.43 Å². The minimum Gasteiger partial charge on any atom is -0.504 e. The van der Waals surface area contributed by atoms with Crippen molar-refractivity contribution in [3.63, 3.8) is 0 Å². The molecule has 1 heterocycles. The van der Waals surface area contributed by atoms with E-state index in [0.29, 0.717) is 22.0 Å². The summed E-state index contributed by atoms with van der Waals surface area (Å²) >= 11 is 5.86. The number of benzene rings is 2. The Bertz CT molecular complexity index is 951. The van der Waals surface area contributed by atoms with Crippen molar-refractivity contribution in [2.45, 2.75) is 0 Å². The summed E-state index contributed by atoms with van der Waals surface area (Å²) in [5.74, 6) is -0.0815. The lowest BCUT2D eigenvalue weighted by molar-refractivity contribution is 0.0950. The number of halogens is 1. The standard InChI is InChI=1S/C18H15ClN4O3/c1-26-17-8-11(2-7-16(17)24)10-20-23-18(25)15-9-14(21-22-15)12-3-5-13(19)6-4-12/h2-10,24H,1H3,(H,21,22)(H,23,25)/b20-10-. The summed E-state index contributed by atoms with van der Waals surface area (Å²) in [5, 5.41) is 20.8. The maximum absolute atomic E-state index is 12.1. The van der Waals surface area contributed by atoms with Crippen molar-refractivity contribution in [1.82, 2.24) is 15.6 Å². The molecule has 0 radical (unpaired) electrons. The molecule has 132 valence electrons. The van der Waals surface area contributed by atoms with Crippen LogP contribution in [0, 0.1) is 0 Å². The van der Waals surface area contributed by atoms with Gasteiger partial charge in [0.2, 0.25) is 0 Å². The van der Waals surface area contributed by atoms with Crippen LogP contribution in [0.4, 0.5) is 0 Å². The van der Waals surface area contributed by atoms with Gasteiger partial charge in [0.05, 0.1) is 19.0 Å². The number of nitrogens with zero attached hydrogens (tertiary/aromatic N) is 2. The van der Waals surface area contributed by atoms with Crippen molar-refractivity contribution in [3.8, 4) is 22.8 Å². The van der Waals surface area contributed by atoms with Crippen molar-refractivity contribution in [3.05, 3.63) is 64.8 Å². The zero-order chi connectivity index (χ0) is 18.5. The number of hydrazone groups is 1.